The van der Waals surface area contributed by atoms with E-state index in [9.17, 15) is 19.2 Å². The molecule has 0 aromatic carbocycles. The number of carbonyl (C=O) groups is 2. The van der Waals surface area contributed by atoms with Crippen LogP contribution in [0.1, 0.15) is 26.0 Å². The molecule has 0 unspecified atom stereocenters. The van der Waals surface area contributed by atoms with E-state index in [0.717, 1.165) is 12.2 Å². The molecule has 8 heteroatoms. The van der Waals surface area contributed by atoms with Gasteiger partial charge in [0.25, 0.3) is 5.56 Å². The first-order valence-corrected chi connectivity index (χ1v) is 6.75. The summed E-state index contributed by atoms with van der Waals surface area (Å²) >= 11 is 0. The molecule has 8 nitrogen and oxygen atoms in total. The Hall–Kier alpha value is -2.64. The van der Waals surface area contributed by atoms with Crippen molar-refractivity contribution in [3.63, 3.8) is 0 Å². The van der Waals surface area contributed by atoms with Crippen molar-refractivity contribution in [2.45, 2.75) is 32.8 Å². The molecule has 0 radical (unpaired) electrons. The van der Waals surface area contributed by atoms with Crippen molar-refractivity contribution >= 4 is 11.9 Å². The van der Waals surface area contributed by atoms with Gasteiger partial charge in [-0.2, -0.15) is 0 Å². The minimum absolute atomic E-state index is 0.0945. The number of H-pyrrole nitrogens is 2. The summed E-state index contributed by atoms with van der Waals surface area (Å²) in [6, 6.07) is 1.27. The van der Waals surface area contributed by atoms with E-state index in [1.165, 1.54) is 6.07 Å². The number of rotatable bonds is 7. The van der Waals surface area contributed by atoms with Crippen LogP contribution in [0.25, 0.3) is 0 Å². The first-order chi connectivity index (χ1) is 10.4. The van der Waals surface area contributed by atoms with Crippen molar-refractivity contribution < 1.29 is 19.1 Å². The first kappa shape index (κ1) is 17.4. The minimum Gasteiger partial charge on any atom is -0.463 e. The van der Waals surface area contributed by atoms with E-state index in [-0.39, 0.29) is 12.7 Å². The summed E-state index contributed by atoms with van der Waals surface area (Å²) in [4.78, 5) is 49.1. The number of carbonyl (C=O) groups excluding carboxylic acids is 2. The van der Waals surface area contributed by atoms with Gasteiger partial charge in [0.05, 0.1) is 12.7 Å². The number of aromatic nitrogens is 2. The second-order valence-electron chi connectivity index (χ2n) is 4.70. The summed E-state index contributed by atoms with van der Waals surface area (Å²) in [6.07, 6.45) is 2.53. The largest absolute Gasteiger partial charge is 0.463 e. The van der Waals surface area contributed by atoms with Crippen LogP contribution >= 0.6 is 0 Å². The van der Waals surface area contributed by atoms with Crippen LogP contribution < -0.4 is 11.2 Å². The molecular formula is C14H18N2O6. The van der Waals surface area contributed by atoms with E-state index >= 15 is 0 Å². The number of hydrogen-bond acceptors (Lipinski definition) is 6. The van der Waals surface area contributed by atoms with E-state index in [1.54, 1.807) is 13.8 Å². The standard InChI is InChI=1S/C14H18N2O6/c1-9(2)22-13(19)6-5-12(18)21-7-3-4-10-8-11(17)16-14(20)15-10/h5-6,8-9H,3-4,7H2,1-2H3,(H2,15,16,17,20)/b6-5+. The van der Waals surface area contributed by atoms with Crippen molar-refractivity contribution in [2.24, 2.45) is 0 Å². The summed E-state index contributed by atoms with van der Waals surface area (Å²) < 4.78 is 9.67. The highest BCUT2D eigenvalue weighted by molar-refractivity contribution is 5.91. The fourth-order valence-electron chi connectivity index (χ4n) is 1.55. The zero-order valence-corrected chi connectivity index (χ0v) is 12.4. The molecule has 1 heterocycles. The number of aryl methyl sites for hydroxylation is 1. The third-order valence-electron chi connectivity index (χ3n) is 2.36. The maximum Gasteiger partial charge on any atom is 0.331 e. The maximum atomic E-state index is 11.3. The molecule has 1 aromatic rings. The lowest BCUT2D eigenvalue weighted by Gasteiger charge is -2.04. The smallest absolute Gasteiger partial charge is 0.331 e. The summed E-state index contributed by atoms with van der Waals surface area (Å²) in [6.45, 7) is 3.49. The fraction of sp³-hybridized carbons (Fsp3) is 0.429. The zero-order chi connectivity index (χ0) is 16.5. The Kier molecular flexibility index (Phi) is 6.81. The molecular weight excluding hydrogens is 292 g/mol. The molecule has 0 bridgehead atoms. The first-order valence-electron chi connectivity index (χ1n) is 6.75. The summed E-state index contributed by atoms with van der Waals surface area (Å²) in [5.74, 6) is -1.28. The fourth-order valence-corrected chi connectivity index (χ4v) is 1.55. The molecule has 1 aromatic heterocycles. The van der Waals surface area contributed by atoms with Crippen molar-refractivity contribution in [3.05, 3.63) is 44.8 Å². The third kappa shape index (κ3) is 7.22. The molecule has 120 valence electrons. The van der Waals surface area contributed by atoms with Crippen LogP contribution in [-0.2, 0) is 25.5 Å². The molecule has 0 fully saturated rings. The molecule has 0 aliphatic carbocycles. The molecule has 0 spiro atoms. The number of esters is 2. The lowest BCUT2D eigenvalue weighted by molar-refractivity contribution is -0.142. The Morgan fingerprint density at radius 1 is 1.18 bits per heavy atom. The summed E-state index contributed by atoms with van der Waals surface area (Å²) in [5.41, 5.74) is -0.603. The molecule has 0 amide bonds. The van der Waals surface area contributed by atoms with Crippen molar-refractivity contribution in [3.8, 4) is 0 Å². The van der Waals surface area contributed by atoms with Gasteiger partial charge in [0, 0.05) is 23.9 Å². The Morgan fingerprint density at radius 2 is 1.86 bits per heavy atom. The minimum atomic E-state index is -0.667. The van der Waals surface area contributed by atoms with Crippen LogP contribution in [-0.4, -0.2) is 34.6 Å². The molecule has 0 saturated heterocycles. The Bertz CT molecular complexity index is 628. The molecule has 0 atom stereocenters. The van der Waals surface area contributed by atoms with Gasteiger partial charge < -0.3 is 14.5 Å². The van der Waals surface area contributed by atoms with E-state index in [1.807, 2.05) is 0 Å². The predicted molar refractivity (Wildman–Crippen MR) is 77.3 cm³/mol. The van der Waals surface area contributed by atoms with Gasteiger partial charge in [-0.25, -0.2) is 14.4 Å². The quantitative estimate of drug-likeness (QED) is 0.417. The lowest BCUT2D eigenvalue weighted by atomic mass is 10.2. The van der Waals surface area contributed by atoms with Crippen molar-refractivity contribution in [2.75, 3.05) is 6.61 Å². The van der Waals surface area contributed by atoms with Crippen LogP contribution in [0.5, 0.6) is 0 Å². The van der Waals surface area contributed by atoms with Crippen LogP contribution in [0.3, 0.4) is 0 Å². The van der Waals surface area contributed by atoms with Gasteiger partial charge in [0.15, 0.2) is 0 Å². The van der Waals surface area contributed by atoms with Gasteiger partial charge in [-0.15, -0.1) is 0 Å². The summed E-state index contributed by atoms with van der Waals surface area (Å²) in [5, 5.41) is 0. The molecule has 2 N–H and O–H groups in total. The van der Waals surface area contributed by atoms with Gasteiger partial charge in [0.2, 0.25) is 0 Å². The highest BCUT2D eigenvalue weighted by Gasteiger charge is 2.03. The van der Waals surface area contributed by atoms with Gasteiger partial charge in [0.1, 0.15) is 0 Å². The average molecular weight is 310 g/mol. The third-order valence-corrected chi connectivity index (χ3v) is 2.36. The number of ether oxygens (including phenoxy) is 2. The van der Waals surface area contributed by atoms with E-state index in [0.29, 0.717) is 18.5 Å². The Balaban J connectivity index is 2.30. The van der Waals surface area contributed by atoms with Crippen LogP contribution in [0.15, 0.2) is 27.8 Å². The van der Waals surface area contributed by atoms with E-state index < -0.39 is 23.2 Å². The van der Waals surface area contributed by atoms with Gasteiger partial charge >= 0.3 is 17.6 Å². The van der Waals surface area contributed by atoms with Gasteiger partial charge in [-0.1, -0.05) is 0 Å². The zero-order valence-electron chi connectivity index (χ0n) is 12.4. The van der Waals surface area contributed by atoms with Crippen LogP contribution in [0.4, 0.5) is 0 Å². The van der Waals surface area contributed by atoms with Crippen LogP contribution in [0, 0.1) is 0 Å². The molecule has 0 aliphatic heterocycles. The Morgan fingerprint density at radius 3 is 2.50 bits per heavy atom. The normalized spacial score (nSPS) is 10.9. The Labute approximate surface area is 126 Å². The number of hydrogen-bond donors (Lipinski definition) is 2. The topological polar surface area (TPSA) is 118 Å². The average Bonchev–Trinajstić information content (AvgIpc) is 2.39. The highest BCUT2D eigenvalue weighted by atomic mass is 16.5. The second kappa shape index (κ2) is 8.60. The lowest BCUT2D eigenvalue weighted by Crippen LogP contribution is -2.23. The monoisotopic (exact) mass is 310 g/mol. The van der Waals surface area contributed by atoms with Gasteiger partial charge in [-0.3, -0.25) is 9.78 Å². The van der Waals surface area contributed by atoms with E-state index in [2.05, 4.69) is 9.97 Å². The summed E-state index contributed by atoms with van der Waals surface area (Å²) in [7, 11) is 0. The van der Waals surface area contributed by atoms with Crippen LogP contribution in [0.2, 0.25) is 0 Å². The predicted octanol–water partition coefficient (Wildman–Crippen LogP) is 0.0468. The maximum absolute atomic E-state index is 11.3. The second-order valence-corrected chi connectivity index (χ2v) is 4.70. The van der Waals surface area contributed by atoms with Crippen molar-refractivity contribution in [1.29, 1.82) is 0 Å². The van der Waals surface area contributed by atoms with Gasteiger partial charge in [-0.05, 0) is 26.7 Å². The molecule has 0 aliphatic rings. The van der Waals surface area contributed by atoms with Crippen molar-refractivity contribution in [1.82, 2.24) is 9.97 Å². The number of aromatic amines is 2. The van der Waals surface area contributed by atoms with E-state index in [4.69, 9.17) is 9.47 Å². The molecule has 22 heavy (non-hydrogen) atoms. The highest BCUT2D eigenvalue weighted by Crippen LogP contribution is 1.96. The molecule has 1 rings (SSSR count). The number of nitrogens with one attached hydrogen (secondary N) is 2. The SMILES string of the molecule is CC(C)OC(=O)/C=C/C(=O)OCCCc1cc(=O)[nH]c(=O)[nH]1. The molecule has 0 saturated carbocycles.